The van der Waals surface area contributed by atoms with Gasteiger partial charge >= 0.3 is 5.91 Å². The highest BCUT2D eigenvalue weighted by Crippen LogP contribution is 2.30. The molecule has 2 aliphatic rings. The molecule has 0 spiro atoms. The van der Waals surface area contributed by atoms with E-state index >= 15 is 0 Å². The lowest BCUT2D eigenvalue weighted by Gasteiger charge is -2.31. The molecule has 0 radical (unpaired) electrons. The average Bonchev–Trinajstić information content (AvgIpc) is 3.31. The molecule has 1 amide bonds. The normalized spacial score (nSPS) is 21.6. The van der Waals surface area contributed by atoms with E-state index in [2.05, 4.69) is 0 Å². The summed E-state index contributed by atoms with van der Waals surface area (Å²) in [5.74, 6) is -0.795. The summed E-state index contributed by atoms with van der Waals surface area (Å²) in [6.45, 7) is 0.762. The molecule has 0 bridgehead atoms. The zero-order valence-corrected chi connectivity index (χ0v) is 15.6. The first kappa shape index (κ1) is 17.4. The van der Waals surface area contributed by atoms with Crippen molar-refractivity contribution in [1.82, 2.24) is 4.90 Å². The first-order chi connectivity index (χ1) is 12.4. The number of hydrogen-bond donors (Lipinski definition) is 0. The van der Waals surface area contributed by atoms with E-state index in [-0.39, 0.29) is 24.2 Å². The van der Waals surface area contributed by atoms with E-state index in [1.807, 2.05) is 22.4 Å². The molecule has 1 aromatic carbocycles. The number of amides is 1. The van der Waals surface area contributed by atoms with Crippen LogP contribution in [0.1, 0.15) is 21.7 Å². The van der Waals surface area contributed by atoms with Gasteiger partial charge in [0.25, 0.3) is 5.78 Å². The number of carbonyl (C=O) groups excluding carboxylic acids is 2. The smallest absolute Gasteiger partial charge is 0.291 e. The molecule has 1 fully saturated rings. The number of hydrogen-bond acceptors (Lipinski definition) is 6. The number of carbonyl (C=O) groups is 2. The van der Waals surface area contributed by atoms with Gasteiger partial charge in [0.15, 0.2) is 9.84 Å². The van der Waals surface area contributed by atoms with Gasteiger partial charge in [-0.15, -0.1) is 11.3 Å². The Kier molecular flexibility index (Phi) is 4.42. The molecule has 1 atom stereocenters. The van der Waals surface area contributed by atoms with Crippen LogP contribution in [0.3, 0.4) is 0 Å². The Hall–Kier alpha value is -2.03. The molecule has 4 rings (SSSR count). The van der Waals surface area contributed by atoms with Gasteiger partial charge < -0.3 is 0 Å². The molecule has 2 aliphatic heterocycles. The van der Waals surface area contributed by atoms with Crippen molar-refractivity contribution in [1.29, 1.82) is 0 Å². The van der Waals surface area contributed by atoms with Crippen molar-refractivity contribution >= 4 is 38.6 Å². The van der Waals surface area contributed by atoms with E-state index in [0.29, 0.717) is 24.2 Å². The van der Waals surface area contributed by atoms with Crippen LogP contribution < -0.4 is 4.90 Å². The summed E-state index contributed by atoms with van der Waals surface area (Å²) in [7, 11) is -3.05. The third-order valence-electron chi connectivity index (χ3n) is 4.87. The van der Waals surface area contributed by atoms with Crippen LogP contribution in [0.2, 0.25) is 0 Å². The van der Waals surface area contributed by atoms with Crippen LogP contribution in [-0.2, 0) is 21.2 Å². The number of thiophene rings is 1. The molecule has 1 aromatic heterocycles. The van der Waals surface area contributed by atoms with Crippen molar-refractivity contribution in [2.24, 2.45) is 0 Å². The van der Waals surface area contributed by atoms with Gasteiger partial charge in [0.1, 0.15) is 0 Å². The summed E-state index contributed by atoms with van der Waals surface area (Å²) in [6.07, 6.45) is 0.547. The molecule has 0 saturated carbocycles. The molecule has 0 aliphatic carbocycles. The van der Waals surface area contributed by atoms with Crippen LogP contribution in [0.25, 0.3) is 0 Å². The van der Waals surface area contributed by atoms with Crippen molar-refractivity contribution in [3.05, 3.63) is 52.2 Å². The van der Waals surface area contributed by atoms with Crippen LogP contribution in [-0.4, -0.2) is 49.2 Å². The van der Waals surface area contributed by atoms with Gasteiger partial charge in [-0.1, -0.05) is 18.2 Å². The highest BCUT2D eigenvalue weighted by atomic mass is 32.2. The van der Waals surface area contributed by atoms with E-state index in [4.69, 9.17) is 0 Å². The lowest BCUT2D eigenvalue weighted by atomic mass is 10.1. The number of para-hydroxylation sites is 1. The highest BCUT2D eigenvalue weighted by Gasteiger charge is 2.39. The van der Waals surface area contributed by atoms with Crippen molar-refractivity contribution in [2.45, 2.75) is 19.0 Å². The number of Topliss-reactive ketones (excluding diaryl/α,β-unsaturated/α-hetero) is 1. The monoisotopic (exact) mass is 390 g/mol. The fourth-order valence-corrected chi connectivity index (χ4v) is 6.02. The minimum atomic E-state index is -3.05. The Morgan fingerprint density at radius 3 is 2.65 bits per heavy atom. The van der Waals surface area contributed by atoms with Crippen LogP contribution in [0.4, 0.5) is 5.69 Å². The number of fused-ring (bicyclic) bond motifs is 1. The predicted octanol–water partition coefficient (Wildman–Crippen LogP) is 1.92. The third-order valence-corrected chi connectivity index (χ3v) is 7.48. The number of rotatable bonds is 5. The number of benzene rings is 1. The first-order valence-electron chi connectivity index (χ1n) is 8.37. The fourth-order valence-electron chi connectivity index (χ4n) is 3.53. The lowest BCUT2D eigenvalue weighted by molar-refractivity contribution is -0.114. The van der Waals surface area contributed by atoms with Gasteiger partial charge in [-0.3, -0.25) is 19.4 Å². The lowest BCUT2D eigenvalue weighted by Crippen LogP contribution is -2.45. The molecule has 6 nitrogen and oxygen atoms in total. The van der Waals surface area contributed by atoms with Crippen molar-refractivity contribution in [2.75, 3.05) is 23.1 Å². The number of ketones is 1. The van der Waals surface area contributed by atoms with Gasteiger partial charge in [0, 0.05) is 17.5 Å². The Morgan fingerprint density at radius 1 is 1.15 bits per heavy atom. The summed E-state index contributed by atoms with van der Waals surface area (Å²) in [5, 5.41) is 1.97. The minimum Gasteiger partial charge on any atom is -0.291 e. The van der Waals surface area contributed by atoms with Gasteiger partial charge in [0.05, 0.1) is 29.4 Å². The Morgan fingerprint density at radius 2 is 1.96 bits per heavy atom. The van der Waals surface area contributed by atoms with E-state index in [1.165, 1.54) is 4.90 Å². The first-order valence-corrected chi connectivity index (χ1v) is 11.1. The highest BCUT2D eigenvalue weighted by molar-refractivity contribution is 7.91. The van der Waals surface area contributed by atoms with E-state index in [0.717, 1.165) is 4.88 Å². The topological polar surface area (TPSA) is 74.8 Å². The molecular weight excluding hydrogens is 372 g/mol. The standard InChI is InChI=1S/C18H18N2O4S2/c21-17-15-5-1-2-6-16(15)20(18(17)22)12-19(10-14-4-3-8-25-14)13-7-9-26(23,24)11-13/h1-6,8,13H,7,9-12H2. The van der Waals surface area contributed by atoms with Crippen molar-refractivity contribution < 1.29 is 18.0 Å². The maximum Gasteiger partial charge on any atom is 0.300 e. The summed E-state index contributed by atoms with van der Waals surface area (Å²) in [5.41, 5.74) is 1.01. The van der Waals surface area contributed by atoms with Crippen molar-refractivity contribution in [3.63, 3.8) is 0 Å². The second-order valence-electron chi connectivity index (χ2n) is 6.60. The summed E-state index contributed by atoms with van der Waals surface area (Å²) < 4.78 is 23.9. The molecule has 0 N–H and O–H groups in total. The second-order valence-corrected chi connectivity index (χ2v) is 9.86. The predicted molar refractivity (Wildman–Crippen MR) is 100 cm³/mol. The Bertz CT molecular complexity index is 953. The van der Waals surface area contributed by atoms with Crippen molar-refractivity contribution in [3.8, 4) is 0 Å². The Balaban J connectivity index is 1.62. The Labute approximate surface area is 156 Å². The maximum absolute atomic E-state index is 12.5. The molecular formula is C18H18N2O4S2. The number of nitrogens with zero attached hydrogens (tertiary/aromatic N) is 2. The number of anilines is 1. The zero-order valence-electron chi connectivity index (χ0n) is 14.0. The summed E-state index contributed by atoms with van der Waals surface area (Å²) in [6, 6.07) is 10.7. The molecule has 2 aromatic rings. The SMILES string of the molecule is O=C1C(=O)N(CN(Cc2cccs2)C2CCS(=O)(=O)C2)c2ccccc21. The fraction of sp³-hybridized carbons (Fsp3) is 0.333. The van der Waals surface area contributed by atoms with Gasteiger partial charge in [-0.25, -0.2) is 8.42 Å². The van der Waals surface area contributed by atoms with Crippen LogP contribution >= 0.6 is 11.3 Å². The molecule has 136 valence electrons. The zero-order chi connectivity index (χ0) is 18.3. The maximum atomic E-state index is 12.5. The van der Waals surface area contributed by atoms with Gasteiger partial charge in [-0.2, -0.15) is 0 Å². The van der Waals surface area contributed by atoms with Crippen LogP contribution in [0, 0.1) is 0 Å². The van der Waals surface area contributed by atoms with E-state index in [1.54, 1.807) is 35.6 Å². The van der Waals surface area contributed by atoms with E-state index in [9.17, 15) is 18.0 Å². The molecule has 8 heteroatoms. The molecule has 26 heavy (non-hydrogen) atoms. The van der Waals surface area contributed by atoms with E-state index < -0.39 is 21.5 Å². The molecule has 1 saturated heterocycles. The largest absolute Gasteiger partial charge is 0.300 e. The summed E-state index contributed by atoms with van der Waals surface area (Å²) >= 11 is 1.59. The molecule has 3 heterocycles. The van der Waals surface area contributed by atoms with Crippen LogP contribution in [0.5, 0.6) is 0 Å². The molecule has 1 unspecified atom stereocenters. The minimum absolute atomic E-state index is 0.0933. The quantitative estimate of drug-likeness (QED) is 0.729. The third kappa shape index (κ3) is 3.20. The van der Waals surface area contributed by atoms with Gasteiger partial charge in [0.2, 0.25) is 0 Å². The number of sulfone groups is 1. The van der Waals surface area contributed by atoms with Gasteiger partial charge in [-0.05, 0) is 30.0 Å². The summed E-state index contributed by atoms with van der Waals surface area (Å²) in [4.78, 5) is 29.3. The van der Waals surface area contributed by atoms with Crippen LogP contribution in [0.15, 0.2) is 41.8 Å². The average molecular weight is 390 g/mol. The second kappa shape index (κ2) is 6.61.